The van der Waals surface area contributed by atoms with E-state index in [1.807, 2.05) is 0 Å². The van der Waals surface area contributed by atoms with Crippen molar-refractivity contribution in [2.75, 3.05) is 19.6 Å². The molecule has 2 aromatic heterocycles. The molecule has 0 fully saturated rings. The van der Waals surface area contributed by atoms with E-state index in [1.165, 1.54) is 82.6 Å². The van der Waals surface area contributed by atoms with E-state index >= 15 is 0 Å². The van der Waals surface area contributed by atoms with E-state index in [9.17, 15) is 0 Å². The van der Waals surface area contributed by atoms with Gasteiger partial charge in [0.15, 0.2) is 0 Å². The maximum absolute atomic E-state index is 8.51. The minimum absolute atomic E-state index is 0.276. The zero-order valence-electron chi connectivity index (χ0n) is 71.1. The number of hydrogen-bond donors (Lipinski definition) is 0. The molecule has 590 valence electrons. The van der Waals surface area contributed by atoms with Crippen molar-refractivity contribution in [2.24, 2.45) is 0 Å². The number of anilines is 12. The van der Waals surface area contributed by atoms with E-state index < -0.39 is 12.1 Å². The van der Waals surface area contributed by atoms with Crippen molar-refractivity contribution in [3.63, 3.8) is 0 Å². The lowest BCUT2D eigenvalue weighted by atomic mass is 9.28. The maximum Gasteiger partial charge on any atom is 0.261 e. The fraction of sp³-hybridized carbons (Fsp3) is 0.105. The molecule has 8 nitrogen and oxygen atoms in total. The normalized spacial score (nSPS) is 14.1. The molecule has 0 spiro atoms. The molecule has 17 aromatic carbocycles. The summed E-state index contributed by atoms with van der Waals surface area (Å²) >= 11 is 0. The topological polar surface area (TPSA) is 41.3 Å². The molecule has 0 radical (unpaired) electrons. The highest BCUT2D eigenvalue weighted by molar-refractivity contribution is 7.06. The van der Waals surface area contributed by atoms with Gasteiger partial charge < -0.3 is 38.2 Å². The van der Waals surface area contributed by atoms with Gasteiger partial charge >= 0.3 is 0 Å². The number of ether oxygens (including phenoxy) is 2. The summed E-state index contributed by atoms with van der Waals surface area (Å²) in [6, 6.07) is 130. The van der Waals surface area contributed by atoms with Gasteiger partial charge in [-0.15, -0.1) is 0 Å². The minimum atomic E-state index is -0.604. The van der Waals surface area contributed by atoms with Crippen molar-refractivity contribution in [3.8, 4) is 78.9 Å². The molecule has 0 aliphatic carbocycles. The first-order valence-corrected chi connectivity index (χ1v) is 44.2. The van der Waals surface area contributed by atoms with Gasteiger partial charge in [0.2, 0.25) is 0 Å². The molecular formula is C114H83B3N6O2. The van der Waals surface area contributed by atoms with E-state index in [-0.39, 0.29) is 24.3 Å². The molecule has 0 saturated carbocycles. The molecule has 8 aliphatic heterocycles. The Kier molecular flexibility index (Phi) is 14.2. The van der Waals surface area contributed by atoms with Crippen molar-refractivity contribution in [1.82, 2.24) is 9.13 Å². The summed E-state index contributed by atoms with van der Waals surface area (Å²) in [6.07, 6.45) is 0. The smallest absolute Gasteiger partial charge is 0.261 e. The Bertz CT molecular complexity index is 7450. The SMILES string of the molecule is CC(C)(C)c1cc(-c2ccccc2)c(N2c3cc(C(C)(C)C)cc4c3B(c3c2cc2c5c3Oc3ccccc3B5c3ccc5c6ccccc6n6c5c3N2c2ccccc2-6)c2c(cc3c5c2Oc2ccccc2B5c2ccc5c6ccccc6n6c5c2N3c2ccccc2-6)N4c2c(-c3ccccc3)cc(C(C)(C)C)cc2-c2ccccc2)c(-c2ccccc2)c1. The number of benzene rings is 17. The van der Waals surface area contributed by atoms with Gasteiger partial charge in [0.1, 0.15) is 23.0 Å². The van der Waals surface area contributed by atoms with Crippen LogP contribution in [0.25, 0.3) is 99.5 Å². The molecule has 0 bridgehead atoms. The summed E-state index contributed by atoms with van der Waals surface area (Å²) < 4.78 is 22.1. The summed E-state index contributed by atoms with van der Waals surface area (Å²) in [7, 11) is 0. The quantitative estimate of drug-likeness (QED) is 0.155. The predicted octanol–water partition coefficient (Wildman–Crippen LogP) is 24.0. The van der Waals surface area contributed by atoms with Crippen LogP contribution in [0.5, 0.6) is 23.0 Å². The van der Waals surface area contributed by atoms with Crippen LogP contribution in [-0.4, -0.2) is 29.3 Å². The number of aromatic nitrogens is 2. The second-order valence-electron chi connectivity index (χ2n) is 38.5. The van der Waals surface area contributed by atoms with E-state index in [0.29, 0.717) is 0 Å². The lowest BCUT2D eigenvalue weighted by Gasteiger charge is -2.50. The molecule has 8 aliphatic rings. The Balaban J connectivity index is 0.881. The van der Waals surface area contributed by atoms with Crippen molar-refractivity contribution in [2.45, 2.75) is 78.6 Å². The van der Waals surface area contributed by atoms with Crippen molar-refractivity contribution >= 4 is 181 Å². The van der Waals surface area contributed by atoms with Crippen LogP contribution in [0, 0.1) is 0 Å². The third kappa shape index (κ3) is 9.54. The van der Waals surface area contributed by atoms with Crippen LogP contribution >= 0.6 is 0 Å². The van der Waals surface area contributed by atoms with Gasteiger partial charge in [-0.05, 0) is 201 Å². The first-order valence-electron chi connectivity index (χ1n) is 44.2. The average Bonchev–Trinajstić information content (AvgIpc) is 1.38. The van der Waals surface area contributed by atoms with E-state index in [2.05, 4.69) is 431 Å². The van der Waals surface area contributed by atoms with Crippen LogP contribution < -0.4 is 78.2 Å². The number of fused-ring (bicyclic) bond motifs is 26. The average molecular weight is 1600 g/mol. The number of rotatable bonds is 6. The Morgan fingerprint density at radius 2 is 0.520 bits per heavy atom. The first-order chi connectivity index (χ1) is 61.0. The second kappa shape index (κ2) is 25.0. The van der Waals surface area contributed by atoms with Gasteiger partial charge in [0, 0.05) is 77.9 Å². The van der Waals surface area contributed by atoms with E-state index in [4.69, 9.17) is 9.47 Å². The third-order valence-corrected chi connectivity index (χ3v) is 28.6. The van der Waals surface area contributed by atoms with Crippen LogP contribution in [0.4, 0.5) is 68.2 Å². The van der Waals surface area contributed by atoms with Gasteiger partial charge in [-0.3, -0.25) is 0 Å². The van der Waals surface area contributed by atoms with Gasteiger partial charge in [0.25, 0.3) is 20.1 Å². The summed E-state index contributed by atoms with van der Waals surface area (Å²) in [6.45, 7) is 20.3. The molecule has 27 rings (SSSR count). The molecule has 0 amide bonds. The van der Waals surface area contributed by atoms with Gasteiger partial charge in [-0.1, -0.05) is 305 Å². The zero-order valence-corrected chi connectivity index (χ0v) is 71.1. The third-order valence-electron chi connectivity index (χ3n) is 28.6. The van der Waals surface area contributed by atoms with Gasteiger partial charge in [0.05, 0.1) is 67.6 Å². The second-order valence-corrected chi connectivity index (χ2v) is 38.5. The van der Waals surface area contributed by atoms with E-state index in [1.54, 1.807) is 0 Å². The highest BCUT2D eigenvalue weighted by Crippen LogP contribution is 2.61. The molecule has 0 unspecified atom stereocenters. The van der Waals surface area contributed by atoms with Crippen LogP contribution in [-0.2, 0) is 16.2 Å². The summed E-state index contributed by atoms with van der Waals surface area (Å²) in [5.74, 6) is 3.38. The molecule has 125 heavy (non-hydrogen) atoms. The lowest BCUT2D eigenvalue weighted by molar-refractivity contribution is 0.490. The number of nitrogens with zero attached hydrogens (tertiary/aromatic N) is 6. The van der Waals surface area contributed by atoms with Crippen molar-refractivity contribution in [3.05, 3.63) is 356 Å². The molecule has 11 heteroatoms. The van der Waals surface area contributed by atoms with Crippen molar-refractivity contribution < 1.29 is 9.47 Å². The van der Waals surface area contributed by atoms with Gasteiger partial charge in [-0.25, -0.2) is 0 Å². The number of hydrogen-bond acceptors (Lipinski definition) is 6. The largest absolute Gasteiger partial charge is 0.459 e. The molecule has 10 heterocycles. The highest BCUT2D eigenvalue weighted by Gasteiger charge is 2.57. The molecule has 0 atom stereocenters. The lowest BCUT2D eigenvalue weighted by Crippen LogP contribution is -2.67. The number of para-hydroxylation sites is 8. The molecule has 0 N–H and O–H groups in total. The van der Waals surface area contributed by atoms with E-state index in [0.717, 1.165) is 174 Å². The molecule has 19 aromatic rings. The maximum atomic E-state index is 8.51. The van der Waals surface area contributed by atoms with Crippen LogP contribution in [0.15, 0.2) is 340 Å². The van der Waals surface area contributed by atoms with Gasteiger partial charge in [-0.2, -0.15) is 0 Å². The zero-order chi connectivity index (χ0) is 83.3. The molecular weight excluding hydrogens is 1520 g/mol. The Hall–Kier alpha value is -14.7. The monoisotopic (exact) mass is 1600 g/mol. The fourth-order valence-electron chi connectivity index (χ4n) is 23.0. The predicted molar refractivity (Wildman–Crippen MR) is 526 cm³/mol. The minimum Gasteiger partial charge on any atom is -0.459 e. The Morgan fingerprint density at radius 1 is 0.224 bits per heavy atom. The van der Waals surface area contributed by atoms with Crippen LogP contribution in [0.2, 0.25) is 0 Å². The Morgan fingerprint density at radius 3 is 0.888 bits per heavy atom. The van der Waals surface area contributed by atoms with Crippen LogP contribution in [0.1, 0.15) is 79.0 Å². The fourth-order valence-corrected chi connectivity index (χ4v) is 23.0. The summed E-state index contributed by atoms with van der Waals surface area (Å²) in [4.78, 5) is 10.9. The van der Waals surface area contributed by atoms with Crippen molar-refractivity contribution in [1.29, 1.82) is 0 Å². The molecule has 0 saturated heterocycles. The highest BCUT2D eigenvalue weighted by atomic mass is 16.5. The first kappa shape index (κ1) is 71.0. The Labute approximate surface area is 728 Å². The van der Waals surface area contributed by atoms with Crippen LogP contribution in [0.3, 0.4) is 0 Å². The summed E-state index contributed by atoms with van der Waals surface area (Å²) in [5.41, 5.74) is 42.0. The summed E-state index contributed by atoms with van der Waals surface area (Å²) in [5, 5.41) is 4.90. The standard InChI is InChI=1S/C114H83B3N6O2/c1-112(2,3)70-58-77(66-34-14-10-15-35-66)104(78(59-70)67-36-16-11-17-37-67)122-91-62-72(114(7,8)9)63-92-99(91)117(102-95(122)64-93-100-110(102)124-97-52-32-24-44-81(97)115(100)83-56-54-75-73-42-22-26-46-85(73)118-87-48-28-30-50-89(87)120(93)108(83)106(75)118)103-96(123(92)105-79(68-38-18-12-19-39-68)60-71(113(4,5)6)61-80(105)69-40-20-13-21-41-69)65-94-101-111(103)125-98-53-33-25-45-82(98)116(101)84-57-55-76-74-43-23-27-47-86(74)119-88-49-29-31-51-90(88)121(94)109(84)107(76)119/h10-65H,1-9H3.